The van der Waals surface area contributed by atoms with Crippen LogP contribution in [0.2, 0.25) is 5.02 Å². The Balaban J connectivity index is 2.22. The van der Waals surface area contributed by atoms with Crippen molar-refractivity contribution in [3.63, 3.8) is 0 Å². The number of aromatic amines is 1. The second-order valence-electron chi connectivity index (χ2n) is 6.56. The van der Waals surface area contributed by atoms with Crippen LogP contribution in [0.1, 0.15) is 35.2 Å². The summed E-state index contributed by atoms with van der Waals surface area (Å²) in [4.78, 5) is 3.38. The maximum absolute atomic E-state index is 6.63. The summed E-state index contributed by atoms with van der Waals surface area (Å²) in [6.07, 6.45) is 14.0. The van der Waals surface area contributed by atoms with E-state index in [1.54, 1.807) is 0 Å². The van der Waals surface area contributed by atoms with Crippen LogP contribution in [-0.2, 0) is 0 Å². The van der Waals surface area contributed by atoms with Crippen LogP contribution in [0, 0.1) is 5.92 Å². The zero-order chi connectivity index (χ0) is 19.4. The minimum atomic E-state index is -0.0117. The summed E-state index contributed by atoms with van der Waals surface area (Å²) in [5.74, 6) is 0.129. The van der Waals surface area contributed by atoms with Crippen molar-refractivity contribution >= 4 is 23.8 Å². The Morgan fingerprint density at radius 2 is 1.89 bits per heavy atom. The largest absolute Gasteiger partial charge is 0.384 e. The molecular formula is C24H25ClN2. The van der Waals surface area contributed by atoms with Gasteiger partial charge in [-0.1, -0.05) is 60.7 Å². The van der Waals surface area contributed by atoms with Gasteiger partial charge in [-0.25, -0.2) is 0 Å². The quantitative estimate of drug-likeness (QED) is 0.543. The minimum Gasteiger partial charge on any atom is -0.384 e. The number of H-pyrrole nitrogens is 1. The van der Waals surface area contributed by atoms with E-state index in [0.717, 1.165) is 27.4 Å². The van der Waals surface area contributed by atoms with Crippen LogP contribution in [0.3, 0.4) is 0 Å². The maximum Gasteiger partial charge on any atom is 0.0537 e. The van der Waals surface area contributed by atoms with Crippen LogP contribution in [0.5, 0.6) is 0 Å². The third-order valence-corrected chi connectivity index (χ3v) is 5.45. The lowest BCUT2D eigenvalue weighted by molar-refractivity contribution is 0.621. The average molecular weight is 377 g/mol. The molecule has 1 aliphatic heterocycles. The second-order valence-corrected chi connectivity index (χ2v) is 6.97. The number of hydrogen-bond acceptors (Lipinski definition) is 1. The Morgan fingerprint density at radius 1 is 1.11 bits per heavy atom. The molecule has 3 rings (SSSR count). The number of rotatable bonds is 7. The Kier molecular flexibility index (Phi) is 5.88. The van der Waals surface area contributed by atoms with Crippen LogP contribution in [0.25, 0.3) is 12.2 Å². The number of halogens is 1. The van der Waals surface area contributed by atoms with Crippen LogP contribution >= 0.6 is 11.6 Å². The zero-order valence-electron chi connectivity index (χ0n) is 15.6. The van der Waals surface area contributed by atoms with Gasteiger partial charge in [-0.3, -0.25) is 0 Å². The molecule has 27 heavy (non-hydrogen) atoms. The molecular weight excluding hydrogens is 352 g/mol. The number of nitrogens with one attached hydrogen (secondary N) is 2. The Hall–Kier alpha value is -2.71. The Bertz CT molecular complexity index is 916. The molecule has 0 fully saturated rings. The predicted molar refractivity (Wildman–Crippen MR) is 118 cm³/mol. The van der Waals surface area contributed by atoms with Crippen LogP contribution in [0.4, 0.5) is 0 Å². The van der Waals surface area contributed by atoms with Crippen molar-refractivity contribution in [2.45, 2.75) is 18.9 Å². The first-order valence-corrected chi connectivity index (χ1v) is 9.46. The number of benzene rings is 1. The van der Waals surface area contributed by atoms with Crippen LogP contribution in [0.15, 0.2) is 80.2 Å². The Labute approximate surface area is 166 Å². The molecule has 0 bridgehead atoms. The first-order valence-electron chi connectivity index (χ1n) is 9.08. The fraction of sp³-hybridized carbons (Fsp3) is 0.167. The first kappa shape index (κ1) is 19.1. The van der Waals surface area contributed by atoms with Gasteiger partial charge in [0.1, 0.15) is 0 Å². The Morgan fingerprint density at radius 3 is 2.52 bits per heavy atom. The van der Waals surface area contributed by atoms with Gasteiger partial charge >= 0.3 is 0 Å². The maximum atomic E-state index is 6.63. The monoisotopic (exact) mass is 376 g/mol. The summed E-state index contributed by atoms with van der Waals surface area (Å²) in [7, 11) is 0. The highest BCUT2D eigenvalue weighted by molar-refractivity contribution is 6.31. The van der Waals surface area contributed by atoms with Crippen molar-refractivity contribution < 1.29 is 0 Å². The van der Waals surface area contributed by atoms with Crippen molar-refractivity contribution in [3.05, 3.63) is 108 Å². The minimum absolute atomic E-state index is 0.0117. The van der Waals surface area contributed by atoms with Crippen molar-refractivity contribution in [2.24, 2.45) is 5.92 Å². The molecule has 1 aliphatic rings. The lowest BCUT2D eigenvalue weighted by Crippen LogP contribution is -2.24. The van der Waals surface area contributed by atoms with Crippen molar-refractivity contribution in [1.29, 1.82) is 0 Å². The lowest BCUT2D eigenvalue weighted by atomic mass is 9.78. The highest BCUT2D eigenvalue weighted by Crippen LogP contribution is 2.44. The number of aromatic nitrogens is 1. The van der Waals surface area contributed by atoms with Crippen molar-refractivity contribution in [3.8, 4) is 0 Å². The zero-order valence-corrected chi connectivity index (χ0v) is 16.3. The highest BCUT2D eigenvalue weighted by Gasteiger charge is 2.34. The summed E-state index contributed by atoms with van der Waals surface area (Å²) >= 11 is 6.63. The van der Waals surface area contributed by atoms with Gasteiger partial charge < -0.3 is 10.3 Å². The standard InChI is InChI=1S/C24H25ClN2/c1-5-11-23-17(7-3)20(15-27-23)24(18-12-9-10-13-21(18)25)19-14-26-22(8-4)16(19)6-2/h5-16,22,24,26-27H,2-4H2,1H3/b11-5-. The summed E-state index contributed by atoms with van der Waals surface area (Å²) in [6.45, 7) is 14.1. The molecule has 0 radical (unpaired) electrons. The van der Waals surface area contributed by atoms with Gasteiger partial charge in [-0.15, -0.1) is 13.2 Å². The molecule has 1 aromatic carbocycles. The third-order valence-electron chi connectivity index (χ3n) is 5.10. The molecule has 2 heterocycles. The summed E-state index contributed by atoms with van der Waals surface area (Å²) in [6, 6.07) is 8.14. The molecule has 0 saturated carbocycles. The van der Waals surface area contributed by atoms with E-state index in [-0.39, 0.29) is 17.9 Å². The average Bonchev–Trinajstić information content (AvgIpc) is 3.27. The van der Waals surface area contributed by atoms with E-state index in [9.17, 15) is 0 Å². The summed E-state index contributed by atoms with van der Waals surface area (Å²) in [5.41, 5.74) is 5.57. The molecule has 138 valence electrons. The SMILES string of the molecule is C=Cc1c(C(C2=CNC(C=C)C2C=C)c2ccccc2Cl)c[nH]c1/C=C\C. The normalized spacial score (nSPS) is 20.1. The molecule has 3 atom stereocenters. The molecule has 2 N–H and O–H groups in total. The van der Waals surface area contributed by atoms with E-state index in [4.69, 9.17) is 11.6 Å². The van der Waals surface area contributed by atoms with Gasteiger partial charge in [0, 0.05) is 34.3 Å². The van der Waals surface area contributed by atoms with Crippen LogP contribution in [-0.4, -0.2) is 11.0 Å². The summed E-state index contributed by atoms with van der Waals surface area (Å²) in [5, 5.41) is 4.17. The van der Waals surface area contributed by atoms with Gasteiger partial charge in [0.15, 0.2) is 0 Å². The van der Waals surface area contributed by atoms with E-state index in [1.165, 1.54) is 5.57 Å². The van der Waals surface area contributed by atoms with Gasteiger partial charge in [0.2, 0.25) is 0 Å². The van der Waals surface area contributed by atoms with Gasteiger partial charge in [0.05, 0.1) is 6.04 Å². The van der Waals surface area contributed by atoms with E-state index in [0.29, 0.717) is 0 Å². The predicted octanol–water partition coefficient (Wildman–Crippen LogP) is 6.32. The molecule has 3 unspecified atom stereocenters. The molecule has 0 amide bonds. The molecule has 2 aromatic rings. The smallest absolute Gasteiger partial charge is 0.0537 e. The highest BCUT2D eigenvalue weighted by atomic mass is 35.5. The molecule has 3 heteroatoms. The first-order chi connectivity index (χ1) is 13.2. The van der Waals surface area contributed by atoms with Crippen LogP contribution < -0.4 is 5.32 Å². The van der Waals surface area contributed by atoms with E-state index in [1.807, 2.05) is 49.4 Å². The molecule has 0 aliphatic carbocycles. The van der Waals surface area contributed by atoms with Crippen molar-refractivity contribution in [2.75, 3.05) is 0 Å². The van der Waals surface area contributed by atoms with Crippen molar-refractivity contribution in [1.82, 2.24) is 10.3 Å². The van der Waals surface area contributed by atoms with Gasteiger partial charge in [-0.2, -0.15) is 0 Å². The van der Waals surface area contributed by atoms with E-state index in [2.05, 4.69) is 54.6 Å². The number of hydrogen-bond donors (Lipinski definition) is 2. The summed E-state index contributed by atoms with van der Waals surface area (Å²) < 4.78 is 0. The second kappa shape index (κ2) is 8.32. The topological polar surface area (TPSA) is 27.8 Å². The van der Waals surface area contributed by atoms with Gasteiger partial charge in [0.25, 0.3) is 0 Å². The van der Waals surface area contributed by atoms with Gasteiger partial charge in [-0.05, 0) is 42.0 Å². The fourth-order valence-electron chi connectivity index (χ4n) is 3.85. The molecule has 0 saturated heterocycles. The van der Waals surface area contributed by atoms with E-state index < -0.39 is 0 Å². The third kappa shape index (κ3) is 3.45. The lowest BCUT2D eigenvalue weighted by Gasteiger charge is -2.25. The molecule has 0 spiro atoms. The number of allylic oxidation sites excluding steroid dienone is 1. The molecule has 1 aromatic heterocycles. The fourth-order valence-corrected chi connectivity index (χ4v) is 4.09. The van der Waals surface area contributed by atoms with E-state index >= 15 is 0 Å². The molecule has 2 nitrogen and oxygen atoms in total.